The van der Waals surface area contributed by atoms with Crippen LogP contribution in [0.3, 0.4) is 0 Å². The Morgan fingerprint density at radius 3 is 0.877 bits per heavy atom. The van der Waals surface area contributed by atoms with Gasteiger partial charge >= 0.3 is 5.97 Å². The van der Waals surface area contributed by atoms with Crippen LogP contribution in [0.5, 0.6) is 23.0 Å². The molecule has 12 aliphatic rings. The van der Waals surface area contributed by atoms with Crippen molar-refractivity contribution in [3.63, 3.8) is 0 Å². The summed E-state index contributed by atoms with van der Waals surface area (Å²) in [6.07, 6.45) is 19.2. The average Bonchev–Trinajstić information content (AvgIpc) is 1.56. The van der Waals surface area contributed by atoms with Crippen LogP contribution in [-0.4, -0.2) is 148 Å². The van der Waals surface area contributed by atoms with Crippen LogP contribution in [0.15, 0.2) is 153 Å². The second-order valence-corrected chi connectivity index (χ2v) is 39.0. The van der Waals surface area contributed by atoms with E-state index in [1.807, 2.05) is 70.5 Å². The van der Waals surface area contributed by atoms with Gasteiger partial charge in [0.15, 0.2) is 45.8 Å². The van der Waals surface area contributed by atoms with Gasteiger partial charge in [-0.2, -0.15) is 0 Å². The first-order valence-corrected chi connectivity index (χ1v) is 47.6. The summed E-state index contributed by atoms with van der Waals surface area (Å²) in [6.45, 7) is 8.98. The third-order valence-electron chi connectivity index (χ3n) is 30.2. The van der Waals surface area contributed by atoms with Crippen LogP contribution in [0.1, 0.15) is 286 Å². The van der Waals surface area contributed by atoms with Gasteiger partial charge in [-0.1, -0.05) is 68.1 Å². The van der Waals surface area contributed by atoms with E-state index in [4.69, 9.17) is 19.9 Å². The Kier molecular flexibility index (Phi) is 27.9. The first kappa shape index (κ1) is 103. The summed E-state index contributed by atoms with van der Waals surface area (Å²) in [7, 11) is 0. The number of halogens is 12. The van der Waals surface area contributed by atoms with Gasteiger partial charge in [-0.05, 0) is 148 Å². The lowest BCUT2D eigenvalue weighted by Gasteiger charge is -2.41. The number of benzene rings is 6. The summed E-state index contributed by atoms with van der Waals surface area (Å²) in [6, 6.07) is 18.9. The lowest BCUT2D eigenvalue weighted by Crippen LogP contribution is -2.53. The molecule has 0 radical (unpaired) electrons. The number of fused-ring (bicyclic) bond motifs is 4. The van der Waals surface area contributed by atoms with Crippen LogP contribution >= 0.6 is 0 Å². The zero-order valence-corrected chi connectivity index (χ0v) is 78.8. The highest BCUT2D eigenvalue weighted by atomic mass is 19.2. The highest BCUT2D eigenvalue weighted by molar-refractivity contribution is 6.03. The first-order chi connectivity index (χ1) is 69.0. The molecule has 146 heavy (non-hydrogen) atoms. The first-order valence-electron chi connectivity index (χ1n) is 47.6. The van der Waals surface area contributed by atoms with Crippen molar-refractivity contribution in [1.29, 1.82) is 0 Å². The molecule has 768 valence electrons. The van der Waals surface area contributed by atoms with Crippen molar-refractivity contribution in [1.82, 2.24) is 53.8 Å². The minimum absolute atomic E-state index is 0. The molecule has 10 aromatic rings. The molecule has 16 heterocycles. The number of aromatic hydroxyl groups is 2. The molecule has 0 saturated carbocycles. The molecule has 41 heteroatoms. The SMILES string of the molecule is C.CCOC(=O)c1cn2c(c(OCc3ccccc3)c1=O)C(=O)N1C3CCC1(CC3)C2.C[C@@H](N)c1c(F)cc(F)cc1F.C[C@@H](NC(=O)c1cn2c(c(O)c1=O)C(=O)N1C3CCC1(CC3)C2)c1c(F)cc(F)cc1F.C[C@@H](NC(=O)c1cn2c(c(O)c1=O)C(=O)N1C3CCC1(CC3)C2)c1c(F)cc(F)cc1F.C[C@@H](NC(=O)c1cn2c(c(OCc3ccccc3)c1=O)C(=O)N1C3CCC1(CC3)C2)c1c(F)cc(F)cc1F. The second kappa shape index (κ2) is 39.6. The van der Waals surface area contributed by atoms with Gasteiger partial charge in [-0.15, -0.1) is 0 Å². The van der Waals surface area contributed by atoms with Crippen molar-refractivity contribution in [3.8, 4) is 23.0 Å². The van der Waals surface area contributed by atoms with Gasteiger partial charge in [-0.25, -0.2) is 57.5 Å². The largest absolute Gasteiger partial charge is 0.503 e. The molecule has 4 atom stereocenters. The van der Waals surface area contributed by atoms with Gasteiger partial charge in [0.05, 0.1) is 46.9 Å². The topological polar surface area (TPSA) is 368 Å². The van der Waals surface area contributed by atoms with E-state index < -0.39 is 202 Å². The van der Waals surface area contributed by atoms with E-state index in [2.05, 4.69) is 16.0 Å². The van der Waals surface area contributed by atoms with Crippen LogP contribution in [-0.2, 0) is 44.1 Å². The third-order valence-corrected chi connectivity index (χ3v) is 30.2. The number of nitrogens with zero attached hydrogens (tertiary/aromatic N) is 8. The molecule has 4 aromatic heterocycles. The number of esters is 1. The molecular formula is C105H102F12N12O17. The molecule has 0 unspecified atom stereocenters. The lowest BCUT2D eigenvalue weighted by atomic mass is 9.86. The molecule has 22 rings (SSSR count). The van der Waals surface area contributed by atoms with Crippen LogP contribution in [0.25, 0.3) is 0 Å². The van der Waals surface area contributed by atoms with Gasteiger partial charge in [0.2, 0.25) is 21.7 Å². The zero-order valence-electron chi connectivity index (χ0n) is 78.8. The smallest absolute Gasteiger partial charge is 0.343 e. The van der Waals surface area contributed by atoms with Crippen LogP contribution in [0, 0.1) is 69.8 Å². The molecule has 6 aromatic carbocycles. The quantitative estimate of drug-likeness (QED) is 0.0343. The average molecular weight is 2030 g/mol. The van der Waals surface area contributed by atoms with Gasteiger partial charge in [-0.3, -0.25) is 52.7 Å². The maximum absolute atomic E-state index is 14.3. The summed E-state index contributed by atoms with van der Waals surface area (Å²) in [5.74, 6) is -19.9. The molecule has 8 fully saturated rings. The van der Waals surface area contributed by atoms with E-state index in [1.165, 1.54) is 61.6 Å². The highest BCUT2D eigenvalue weighted by Crippen LogP contribution is 2.55. The minimum atomic E-state index is -1.23. The minimum Gasteiger partial charge on any atom is -0.503 e. The molecule has 7 amide bonds. The van der Waals surface area contributed by atoms with Gasteiger partial charge in [0, 0.05) is 152 Å². The Bertz CT molecular complexity index is 6990. The summed E-state index contributed by atoms with van der Waals surface area (Å²) >= 11 is 0. The summed E-state index contributed by atoms with van der Waals surface area (Å²) < 4.78 is 186. The predicted molar refractivity (Wildman–Crippen MR) is 501 cm³/mol. The van der Waals surface area contributed by atoms with Gasteiger partial charge in [0.1, 0.15) is 105 Å². The standard InChI is InChI=1S/C29H26F3N3O4.C23H24N2O5.2C22H20F3N3O4.C8H8F3N.CH4/c1-16(23-21(31)11-18(30)12-22(23)32)33-27(37)20-13-34-15-29-9-7-19(8-10-29)35(29)28(38)24(34)26(25(20)36)39-14-17-5-3-2-4-6-17;1-2-29-22(28)17-12-24-14-23-10-8-16(9-11-23)25(23)21(27)18(24)20(19(17)26)30-13-15-6-4-3-5-7-15;2*1-10(16-14(24)6-11(23)7-15(16)25)26-20(31)13-8-27-9-22-4-2-12(3-5-22)28(22)21(32)17(27)19(30)18(13)29;1-4(12)8-6(10)2-5(9)3-7(8)11;/h2-6,11-13,16,19H,7-10,14-15H2,1H3,(H,33,37);3-7,12,16H,2,8-11,13-14H2,1H3;2*6-8,10,12,30H,2-5,9H2,1H3,(H,26,31);2-4H,12H2,1H3;1H4/t16-,19?,29?;;2*10-,12?,22?;4-;/m1.111./s1. The van der Waals surface area contributed by atoms with Crippen LogP contribution in [0.2, 0.25) is 0 Å². The number of nitrogens with two attached hydrogens (primary N) is 1. The van der Waals surface area contributed by atoms with E-state index in [0.717, 1.165) is 114 Å². The van der Waals surface area contributed by atoms with E-state index in [-0.39, 0.29) is 125 Å². The fourth-order valence-corrected chi connectivity index (χ4v) is 23.8. The molecule has 8 bridgehead atoms. The Morgan fingerprint density at radius 1 is 0.370 bits per heavy atom. The molecule has 8 saturated heterocycles. The number of pyridine rings is 4. The lowest BCUT2D eigenvalue weighted by molar-refractivity contribution is 0.0468. The molecule has 0 aliphatic carbocycles. The number of nitrogens with one attached hydrogen (secondary N) is 3. The number of ether oxygens (including phenoxy) is 3. The number of carbonyl (C=O) groups excluding carboxylic acids is 8. The van der Waals surface area contributed by atoms with Crippen molar-refractivity contribution in [2.24, 2.45) is 5.73 Å². The van der Waals surface area contributed by atoms with Crippen molar-refractivity contribution in [3.05, 3.63) is 323 Å². The molecule has 12 aliphatic heterocycles. The van der Waals surface area contributed by atoms with Crippen molar-refractivity contribution >= 4 is 47.3 Å². The molecular weight excluding hydrogens is 1930 g/mol. The molecule has 29 nitrogen and oxygen atoms in total. The van der Waals surface area contributed by atoms with Gasteiger partial charge in [0.25, 0.3) is 41.4 Å². The monoisotopic (exact) mass is 2030 g/mol. The fourth-order valence-electron chi connectivity index (χ4n) is 23.8. The Balaban J connectivity index is 0.000000128. The van der Waals surface area contributed by atoms with E-state index in [1.54, 1.807) is 25.9 Å². The Hall–Kier alpha value is -14.8. The van der Waals surface area contributed by atoms with Crippen molar-refractivity contribution in [2.75, 3.05) is 6.61 Å². The fraction of sp³-hybridized carbons (Fsp3) is 0.390. The predicted octanol–water partition coefficient (Wildman–Crippen LogP) is 15.2. The number of rotatable bonds is 18. The normalized spacial score (nSPS) is 22.5. The number of hydrogen-bond donors (Lipinski definition) is 6. The van der Waals surface area contributed by atoms with Crippen LogP contribution < -0.4 is 52.9 Å². The molecule has 0 spiro atoms. The Morgan fingerprint density at radius 2 is 0.610 bits per heavy atom. The number of aromatic nitrogens is 4. The summed E-state index contributed by atoms with van der Waals surface area (Å²) in [5.41, 5.74) is -1.15. The van der Waals surface area contributed by atoms with Gasteiger partial charge < -0.3 is 84.0 Å². The Labute approximate surface area is 825 Å². The number of carbonyl (C=O) groups is 8. The maximum Gasteiger partial charge on any atom is 0.343 e. The summed E-state index contributed by atoms with van der Waals surface area (Å²) in [5, 5.41) is 28.1. The second-order valence-electron chi connectivity index (χ2n) is 39.0. The zero-order chi connectivity index (χ0) is 104. The van der Waals surface area contributed by atoms with E-state index in [9.17, 15) is 120 Å². The highest BCUT2D eigenvalue weighted by Gasteiger charge is 2.62. The summed E-state index contributed by atoms with van der Waals surface area (Å²) in [4.78, 5) is 164. The number of hydrogen-bond acceptors (Lipinski definition) is 18. The maximum atomic E-state index is 14.3. The van der Waals surface area contributed by atoms with E-state index >= 15 is 0 Å². The number of amides is 7. The molecule has 7 N–H and O–H groups in total. The van der Waals surface area contributed by atoms with Crippen molar-refractivity contribution < 1.29 is 115 Å². The third kappa shape index (κ3) is 18.1. The van der Waals surface area contributed by atoms with Crippen LogP contribution in [0.4, 0.5) is 52.7 Å². The van der Waals surface area contributed by atoms with E-state index in [0.29, 0.717) is 74.7 Å². The van der Waals surface area contributed by atoms with Crippen molar-refractivity contribution in [2.45, 2.75) is 255 Å².